The zero-order valence-electron chi connectivity index (χ0n) is 16.8. The number of rotatable bonds is 5. The molecule has 0 N–H and O–H groups in total. The van der Waals surface area contributed by atoms with Gasteiger partial charge in [0, 0.05) is 56.6 Å². The van der Waals surface area contributed by atoms with Crippen LogP contribution in [0.15, 0.2) is 59.9 Å². The zero-order valence-corrected chi connectivity index (χ0v) is 16.8. The molecular formula is C21H21FN8O. The third-order valence-corrected chi connectivity index (χ3v) is 5.47. The molecule has 0 aliphatic carbocycles. The topological polar surface area (TPSA) is 85.0 Å². The maximum Gasteiger partial charge on any atom is 0.266 e. The maximum atomic E-state index is 13.7. The number of anilines is 1. The van der Waals surface area contributed by atoms with E-state index < -0.39 is 0 Å². The van der Waals surface area contributed by atoms with Crippen LogP contribution >= 0.6 is 0 Å². The monoisotopic (exact) mass is 420 g/mol. The van der Waals surface area contributed by atoms with Crippen molar-refractivity contribution in [3.63, 3.8) is 0 Å². The molecule has 9 nitrogen and oxygen atoms in total. The molecule has 0 amide bonds. The van der Waals surface area contributed by atoms with Gasteiger partial charge in [0.05, 0.1) is 12.1 Å². The molecule has 0 spiro atoms. The molecule has 0 radical (unpaired) electrons. The Labute approximate surface area is 177 Å². The summed E-state index contributed by atoms with van der Waals surface area (Å²) in [5.74, 6) is 1.07. The standard InChI is InChI=1S/C21H21FN8O/c22-16-2-3-18-17(14-16)21(24-15-23-18)28-11-8-27(9-12-28)10-13-30-20(31)5-4-19(26-30)29-7-1-6-25-29/h1-7,14-15H,8-13H2. The number of fused-ring (bicyclic) bond motifs is 1. The van der Waals surface area contributed by atoms with Gasteiger partial charge >= 0.3 is 0 Å². The van der Waals surface area contributed by atoms with Crippen LogP contribution in [0.25, 0.3) is 16.7 Å². The van der Waals surface area contributed by atoms with Crippen LogP contribution in [0.2, 0.25) is 0 Å². The van der Waals surface area contributed by atoms with Gasteiger partial charge in [0.1, 0.15) is 18.0 Å². The SMILES string of the molecule is O=c1ccc(-n2cccn2)nn1CCN1CCN(c2ncnc3ccc(F)cc23)CC1. The molecule has 0 atom stereocenters. The summed E-state index contributed by atoms with van der Waals surface area (Å²) in [5, 5.41) is 9.30. The molecule has 5 rings (SSSR count). The Morgan fingerprint density at radius 2 is 1.87 bits per heavy atom. The van der Waals surface area contributed by atoms with Gasteiger partial charge in [-0.25, -0.2) is 23.7 Å². The van der Waals surface area contributed by atoms with Crippen LogP contribution in [0.1, 0.15) is 0 Å². The fourth-order valence-corrected chi connectivity index (χ4v) is 3.81. The van der Waals surface area contributed by atoms with Gasteiger partial charge in [-0.1, -0.05) is 0 Å². The van der Waals surface area contributed by atoms with Crippen LogP contribution < -0.4 is 10.5 Å². The van der Waals surface area contributed by atoms with Gasteiger partial charge in [-0.2, -0.15) is 5.10 Å². The lowest BCUT2D eigenvalue weighted by molar-refractivity contribution is 0.242. The fourth-order valence-electron chi connectivity index (χ4n) is 3.81. The lowest BCUT2D eigenvalue weighted by Crippen LogP contribution is -2.48. The largest absolute Gasteiger partial charge is 0.353 e. The molecular weight excluding hydrogens is 399 g/mol. The Morgan fingerprint density at radius 3 is 2.68 bits per heavy atom. The van der Waals surface area contributed by atoms with Gasteiger partial charge in [-0.3, -0.25) is 9.69 Å². The summed E-state index contributed by atoms with van der Waals surface area (Å²) < 4.78 is 16.8. The highest BCUT2D eigenvalue weighted by Crippen LogP contribution is 2.24. The van der Waals surface area contributed by atoms with Crippen molar-refractivity contribution in [2.75, 3.05) is 37.6 Å². The van der Waals surface area contributed by atoms with Crippen molar-refractivity contribution in [2.45, 2.75) is 6.54 Å². The van der Waals surface area contributed by atoms with Crippen molar-refractivity contribution in [1.29, 1.82) is 0 Å². The first-order valence-corrected chi connectivity index (χ1v) is 10.1. The predicted molar refractivity (Wildman–Crippen MR) is 114 cm³/mol. The molecule has 0 bridgehead atoms. The van der Waals surface area contributed by atoms with Crippen LogP contribution in [0.3, 0.4) is 0 Å². The Morgan fingerprint density at radius 1 is 1.00 bits per heavy atom. The Kier molecular flexibility index (Phi) is 5.13. The van der Waals surface area contributed by atoms with E-state index in [9.17, 15) is 9.18 Å². The van der Waals surface area contributed by atoms with Gasteiger partial charge in [-0.05, 0) is 30.3 Å². The molecule has 10 heteroatoms. The Bertz CT molecular complexity index is 1250. The molecule has 1 aliphatic heterocycles. The van der Waals surface area contributed by atoms with E-state index in [4.69, 9.17) is 0 Å². The fraction of sp³-hybridized carbons (Fsp3) is 0.286. The van der Waals surface area contributed by atoms with E-state index in [-0.39, 0.29) is 11.4 Å². The summed E-state index contributed by atoms with van der Waals surface area (Å²) in [6.07, 6.45) is 4.98. The maximum absolute atomic E-state index is 13.7. The summed E-state index contributed by atoms with van der Waals surface area (Å²) in [6.45, 7) is 4.36. The molecule has 1 saturated heterocycles. The van der Waals surface area contributed by atoms with Crippen molar-refractivity contribution in [3.8, 4) is 5.82 Å². The van der Waals surface area contributed by atoms with E-state index in [0.717, 1.165) is 42.9 Å². The number of hydrogen-bond acceptors (Lipinski definition) is 7. The summed E-state index contributed by atoms with van der Waals surface area (Å²) in [6, 6.07) is 9.57. The number of piperazine rings is 1. The van der Waals surface area contributed by atoms with Gasteiger partial charge in [0.15, 0.2) is 5.82 Å². The Balaban J connectivity index is 1.24. The van der Waals surface area contributed by atoms with Crippen molar-refractivity contribution >= 4 is 16.7 Å². The minimum Gasteiger partial charge on any atom is -0.353 e. The van der Waals surface area contributed by atoms with Crippen molar-refractivity contribution in [1.82, 2.24) is 34.4 Å². The lowest BCUT2D eigenvalue weighted by atomic mass is 10.2. The van der Waals surface area contributed by atoms with Crippen LogP contribution in [0.5, 0.6) is 0 Å². The van der Waals surface area contributed by atoms with Crippen LogP contribution in [0.4, 0.5) is 10.2 Å². The molecule has 4 aromatic rings. The van der Waals surface area contributed by atoms with E-state index in [1.54, 1.807) is 29.2 Å². The average Bonchev–Trinajstić information content (AvgIpc) is 3.33. The highest BCUT2D eigenvalue weighted by Gasteiger charge is 2.20. The molecule has 3 aromatic heterocycles. The zero-order chi connectivity index (χ0) is 21.2. The average molecular weight is 420 g/mol. The molecule has 1 fully saturated rings. The highest BCUT2D eigenvalue weighted by molar-refractivity contribution is 5.89. The molecule has 0 unspecified atom stereocenters. The summed E-state index contributed by atoms with van der Waals surface area (Å²) in [5.41, 5.74) is 0.598. The predicted octanol–water partition coefficient (Wildman–Crippen LogP) is 1.33. The number of benzene rings is 1. The second-order valence-electron chi connectivity index (χ2n) is 7.39. The van der Waals surface area contributed by atoms with Crippen LogP contribution in [-0.2, 0) is 6.54 Å². The molecule has 158 valence electrons. The summed E-state index contributed by atoms with van der Waals surface area (Å²) in [4.78, 5) is 25.3. The van der Waals surface area contributed by atoms with Crippen molar-refractivity contribution in [3.05, 3.63) is 71.3 Å². The second-order valence-corrected chi connectivity index (χ2v) is 7.39. The minimum absolute atomic E-state index is 0.135. The number of hydrogen-bond donors (Lipinski definition) is 0. The van der Waals surface area contributed by atoms with Crippen molar-refractivity contribution in [2.24, 2.45) is 0 Å². The van der Waals surface area contributed by atoms with Gasteiger partial charge in [0.25, 0.3) is 5.56 Å². The first kappa shape index (κ1) is 19.3. The normalized spacial score (nSPS) is 14.9. The van der Waals surface area contributed by atoms with E-state index in [2.05, 4.69) is 30.0 Å². The minimum atomic E-state index is -0.294. The Hall–Kier alpha value is -3.66. The third-order valence-electron chi connectivity index (χ3n) is 5.47. The molecule has 31 heavy (non-hydrogen) atoms. The molecule has 4 heterocycles. The van der Waals surface area contributed by atoms with Crippen molar-refractivity contribution < 1.29 is 4.39 Å². The van der Waals surface area contributed by atoms with Gasteiger partial charge in [0.2, 0.25) is 0 Å². The molecule has 1 aliphatic rings. The summed E-state index contributed by atoms with van der Waals surface area (Å²) in [7, 11) is 0. The number of aromatic nitrogens is 6. The van der Waals surface area contributed by atoms with E-state index in [0.29, 0.717) is 18.9 Å². The second kappa shape index (κ2) is 8.23. The first-order chi connectivity index (χ1) is 15.2. The highest BCUT2D eigenvalue weighted by atomic mass is 19.1. The lowest BCUT2D eigenvalue weighted by Gasteiger charge is -2.35. The number of nitrogens with zero attached hydrogens (tertiary/aromatic N) is 8. The van der Waals surface area contributed by atoms with E-state index >= 15 is 0 Å². The van der Waals surface area contributed by atoms with Crippen LogP contribution in [-0.4, -0.2) is 67.2 Å². The first-order valence-electron chi connectivity index (χ1n) is 10.1. The van der Waals surface area contributed by atoms with Gasteiger partial charge in [-0.15, -0.1) is 5.10 Å². The van der Waals surface area contributed by atoms with Crippen LogP contribution in [0, 0.1) is 5.82 Å². The summed E-state index contributed by atoms with van der Waals surface area (Å²) >= 11 is 0. The molecule has 0 saturated carbocycles. The quantitative estimate of drug-likeness (QED) is 0.482. The van der Waals surface area contributed by atoms with E-state index in [1.165, 1.54) is 29.2 Å². The smallest absolute Gasteiger partial charge is 0.266 e. The third kappa shape index (κ3) is 4.02. The van der Waals surface area contributed by atoms with E-state index in [1.807, 2.05) is 6.07 Å². The number of halogens is 1. The molecule has 1 aromatic carbocycles. The van der Waals surface area contributed by atoms with Gasteiger partial charge < -0.3 is 4.90 Å².